The van der Waals surface area contributed by atoms with Crippen LogP contribution in [0.1, 0.15) is 5.56 Å². The number of hydrogen-bond acceptors (Lipinski definition) is 3. The maximum absolute atomic E-state index is 5.85. The summed E-state index contributed by atoms with van der Waals surface area (Å²) in [6.45, 7) is 1.96. The fourth-order valence-corrected chi connectivity index (χ4v) is 1.73. The molecule has 2 rings (SSSR count). The number of methoxy groups -OCH3 is 1. The molecule has 4 nitrogen and oxygen atoms in total. The maximum Gasteiger partial charge on any atom is 0.146 e. The minimum absolute atomic E-state index is 0.658. The van der Waals surface area contributed by atoms with E-state index < -0.39 is 0 Å². The largest absolute Gasteiger partial charge is 0.494 e. The molecule has 0 spiro atoms. The minimum atomic E-state index is 0.658. The van der Waals surface area contributed by atoms with Gasteiger partial charge in [0.1, 0.15) is 5.75 Å². The van der Waals surface area contributed by atoms with Crippen molar-refractivity contribution in [3.05, 3.63) is 17.8 Å². The predicted octanol–water partition coefficient (Wildman–Crippen LogP) is 1.47. The number of rotatable bonds is 1. The zero-order chi connectivity index (χ0) is 10.3. The summed E-state index contributed by atoms with van der Waals surface area (Å²) < 4.78 is 6.99. The lowest BCUT2D eigenvalue weighted by molar-refractivity contribution is 0.414. The van der Waals surface area contributed by atoms with Crippen LogP contribution in [0.25, 0.3) is 10.9 Å². The second-order valence-electron chi connectivity index (χ2n) is 3.36. The standard InChI is InChI=1S/C10H13N3O/c1-6-9-7(5-13(2)12-9)4-8(11)10(6)14-3/h4-5H,11H2,1-3H3. The van der Waals surface area contributed by atoms with Crippen LogP contribution >= 0.6 is 0 Å². The van der Waals surface area contributed by atoms with Crippen LogP contribution in [-0.2, 0) is 7.05 Å². The number of benzene rings is 1. The smallest absolute Gasteiger partial charge is 0.146 e. The summed E-state index contributed by atoms with van der Waals surface area (Å²) >= 11 is 0. The van der Waals surface area contributed by atoms with E-state index in [-0.39, 0.29) is 0 Å². The summed E-state index contributed by atoms with van der Waals surface area (Å²) in [5.74, 6) is 0.719. The van der Waals surface area contributed by atoms with E-state index in [1.54, 1.807) is 11.8 Å². The van der Waals surface area contributed by atoms with Gasteiger partial charge in [0.2, 0.25) is 0 Å². The van der Waals surface area contributed by atoms with E-state index in [0.717, 1.165) is 22.2 Å². The Morgan fingerprint density at radius 3 is 2.86 bits per heavy atom. The van der Waals surface area contributed by atoms with Crippen molar-refractivity contribution in [2.24, 2.45) is 7.05 Å². The number of aryl methyl sites for hydroxylation is 2. The highest BCUT2D eigenvalue weighted by Crippen LogP contribution is 2.32. The zero-order valence-electron chi connectivity index (χ0n) is 8.53. The zero-order valence-corrected chi connectivity index (χ0v) is 8.53. The van der Waals surface area contributed by atoms with E-state index in [9.17, 15) is 0 Å². The van der Waals surface area contributed by atoms with Crippen LogP contribution in [0, 0.1) is 6.92 Å². The fraction of sp³-hybridized carbons (Fsp3) is 0.300. The van der Waals surface area contributed by atoms with E-state index >= 15 is 0 Å². The minimum Gasteiger partial charge on any atom is -0.494 e. The lowest BCUT2D eigenvalue weighted by atomic mass is 10.1. The van der Waals surface area contributed by atoms with Crippen LogP contribution in [0.2, 0.25) is 0 Å². The number of ether oxygens (including phenoxy) is 1. The van der Waals surface area contributed by atoms with Gasteiger partial charge in [-0.3, -0.25) is 4.68 Å². The topological polar surface area (TPSA) is 53.1 Å². The van der Waals surface area contributed by atoms with Gasteiger partial charge >= 0.3 is 0 Å². The van der Waals surface area contributed by atoms with Gasteiger partial charge < -0.3 is 10.5 Å². The molecule has 0 saturated heterocycles. The SMILES string of the molecule is COc1c(N)cc2cn(C)nc2c1C. The second kappa shape index (κ2) is 2.90. The molecule has 0 amide bonds. The van der Waals surface area contributed by atoms with Crippen LogP contribution in [0.3, 0.4) is 0 Å². The Balaban J connectivity index is 2.84. The van der Waals surface area contributed by atoms with Gasteiger partial charge in [0.25, 0.3) is 0 Å². The molecule has 1 aromatic heterocycles. The number of nitrogens with zero attached hydrogens (tertiary/aromatic N) is 2. The van der Waals surface area contributed by atoms with Crippen molar-refractivity contribution in [1.82, 2.24) is 9.78 Å². The lowest BCUT2D eigenvalue weighted by Gasteiger charge is -2.07. The Morgan fingerprint density at radius 1 is 1.50 bits per heavy atom. The first kappa shape index (κ1) is 8.87. The normalized spacial score (nSPS) is 10.8. The van der Waals surface area contributed by atoms with Crippen molar-refractivity contribution in [2.45, 2.75) is 6.92 Å². The van der Waals surface area contributed by atoms with Crippen molar-refractivity contribution in [1.29, 1.82) is 0 Å². The molecule has 1 aromatic carbocycles. The summed E-state index contributed by atoms with van der Waals surface area (Å²) in [6, 6.07) is 1.88. The van der Waals surface area contributed by atoms with Crippen molar-refractivity contribution in [3.8, 4) is 5.75 Å². The number of nitrogen functional groups attached to an aromatic ring is 1. The summed E-state index contributed by atoms with van der Waals surface area (Å²) in [6.07, 6.45) is 1.94. The molecule has 2 aromatic rings. The summed E-state index contributed by atoms with van der Waals surface area (Å²) in [5, 5.41) is 5.39. The van der Waals surface area contributed by atoms with Crippen molar-refractivity contribution >= 4 is 16.6 Å². The van der Waals surface area contributed by atoms with Gasteiger partial charge in [-0.1, -0.05) is 0 Å². The number of anilines is 1. The Bertz CT molecular complexity index is 488. The number of hydrogen-bond donors (Lipinski definition) is 1. The molecule has 0 unspecified atom stereocenters. The molecule has 2 N–H and O–H groups in total. The first-order valence-corrected chi connectivity index (χ1v) is 4.40. The Labute approximate surface area is 82.3 Å². The van der Waals surface area contributed by atoms with Gasteiger partial charge in [-0.2, -0.15) is 5.10 Å². The molecule has 0 bridgehead atoms. The molecule has 1 heterocycles. The van der Waals surface area contributed by atoms with Gasteiger partial charge in [0, 0.05) is 24.2 Å². The number of aromatic nitrogens is 2. The first-order valence-electron chi connectivity index (χ1n) is 4.40. The molecule has 0 saturated carbocycles. The van der Waals surface area contributed by atoms with Crippen molar-refractivity contribution in [3.63, 3.8) is 0 Å². The van der Waals surface area contributed by atoms with Crippen molar-refractivity contribution in [2.75, 3.05) is 12.8 Å². The second-order valence-corrected chi connectivity index (χ2v) is 3.36. The number of nitrogens with two attached hydrogens (primary N) is 1. The summed E-state index contributed by atoms with van der Waals surface area (Å²) in [4.78, 5) is 0. The molecule has 0 radical (unpaired) electrons. The molecular weight excluding hydrogens is 178 g/mol. The van der Waals surface area contributed by atoms with E-state index in [4.69, 9.17) is 10.5 Å². The Kier molecular flexibility index (Phi) is 1.84. The summed E-state index contributed by atoms with van der Waals surface area (Å²) in [5.41, 5.74) is 8.44. The van der Waals surface area contributed by atoms with E-state index in [1.165, 1.54) is 0 Å². The quantitative estimate of drug-likeness (QED) is 0.694. The number of fused-ring (bicyclic) bond motifs is 1. The molecule has 0 aliphatic heterocycles. The van der Waals surface area contributed by atoms with Gasteiger partial charge in [0.15, 0.2) is 0 Å². The predicted molar refractivity (Wildman–Crippen MR) is 56.4 cm³/mol. The highest BCUT2D eigenvalue weighted by atomic mass is 16.5. The third-order valence-corrected chi connectivity index (χ3v) is 2.33. The molecular formula is C10H13N3O. The first-order chi connectivity index (χ1) is 6.63. The molecule has 4 heteroatoms. The average molecular weight is 191 g/mol. The molecule has 0 atom stereocenters. The van der Waals surface area contributed by atoms with Crippen LogP contribution in [-0.4, -0.2) is 16.9 Å². The van der Waals surface area contributed by atoms with E-state index in [2.05, 4.69) is 5.10 Å². The molecule has 74 valence electrons. The lowest BCUT2D eigenvalue weighted by Crippen LogP contribution is -1.95. The van der Waals surface area contributed by atoms with Gasteiger partial charge in [-0.25, -0.2) is 0 Å². The average Bonchev–Trinajstić information content (AvgIpc) is 2.47. The molecule has 0 aliphatic carbocycles. The van der Waals surface area contributed by atoms with E-state index in [0.29, 0.717) is 5.69 Å². The molecule has 0 fully saturated rings. The van der Waals surface area contributed by atoms with E-state index in [1.807, 2.05) is 26.2 Å². The fourth-order valence-electron chi connectivity index (χ4n) is 1.73. The highest BCUT2D eigenvalue weighted by molar-refractivity contribution is 5.88. The van der Waals surface area contributed by atoms with Crippen LogP contribution in [0.15, 0.2) is 12.3 Å². The monoisotopic (exact) mass is 191 g/mol. The van der Waals surface area contributed by atoms with Crippen molar-refractivity contribution < 1.29 is 4.74 Å². The van der Waals surface area contributed by atoms with Gasteiger partial charge in [0.05, 0.1) is 18.3 Å². The van der Waals surface area contributed by atoms with Crippen LogP contribution in [0.4, 0.5) is 5.69 Å². The van der Waals surface area contributed by atoms with Gasteiger partial charge in [-0.15, -0.1) is 0 Å². The van der Waals surface area contributed by atoms with Crippen LogP contribution in [0.5, 0.6) is 5.75 Å². The van der Waals surface area contributed by atoms with Crippen LogP contribution < -0.4 is 10.5 Å². The third kappa shape index (κ3) is 1.11. The molecule has 14 heavy (non-hydrogen) atoms. The van der Waals surface area contributed by atoms with Gasteiger partial charge in [-0.05, 0) is 13.0 Å². The Morgan fingerprint density at radius 2 is 2.21 bits per heavy atom. The highest BCUT2D eigenvalue weighted by Gasteiger charge is 2.10. The Hall–Kier alpha value is -1.71. The maximum atomic E-state index is 5.85. The summed E-state index contributed by atoms with van der Waals surface area (Å²) in [7, 11) is 3.51. The third-order valence-electron chi connectivity index (χ3n) is 2.33. The molecule has 0 aliphatic rings.